The van der Waals surface area contributed by atoms with Gasteiger partial charge < -0.3 is 19.9 Å². The Bertz CT molecular complexity index is 523. The van der Waals surface area contributed by atoms with E-state index in [9.17, 15) is 9.59 Å². The van der Waals surface area contributed by atoms with Gasteiger partial charge in [-0.25, -0.2) is 0 Å². The second-order valence-corrected chi connectivity index (χ2v) is 5.31. The van der Waals surface area contributed by atoms with Crippen LogP contribution in [-0.4, -0.2) is 42.3 Å². The van der Waals surface area contributed by atoms with Crippen molar-refractivity contribution in [3.05, 3.63) is 29.8 Å². The molecule has 1 saturated heterocycles. The lowest BCUT2D eigenvalue weighted by atomic mass is 9.94. The van der Waals surface area contributed by atoms with E-state index in [2.05, 4.69) is 5.32 Å². The van der Waals surface area contributed by atoms with Crippen molar-refractivity contribution in [2.45, 2.75) is 25.3 Å². The molecule has 1 atom stereocenters. The minimum atomic E-state index is -0.958. The summed E-state index contributed by atoms with van der Waals surface area (Å²) in [5, 5.41) is 11.7. The molecule has 1 aromatic carbocycles. The zero-order chi connectivity index (χ0) is 15.3. The van der Waals surface area contributed by atoms with Gasteiger partial charge in [-0.1, -0.05) is 12.1 Å². The summed E-state index contributed by atoms with van der Waals surface area (Å²) in [6.07, 6.45) is 0.346. The molecule has 0 spiro atoms. The van der Waals surface area contributed by atoms with Crippen LogP contribution in [0.3, 0.4) is 0 Å². The van der Waals surface area contributed by atoms with Crippen LogP contribution in [-0.2, 0) is 14.3 Å². The van der Waals surface area contributed by atoms with Gasteiger partial charge in [-0.3, -0.25) is 9.59 Å². The van der Waals surface area contributed by atoms with Crippen molar-refractivity contribution >= 4 is 11.9 Å². The summed E-state index contributed by atoms with van der Waals surface area (Å²) in [6, 6.07) is 7.38. The number of hydrogen-bond acceptors (Lipinski definition) is 4. The summed E-state index contributed by atoms with van der Waals surface area (Å²) >= 11 is 0. The molecule has 1 amide bonds. The first-order chi connectivity index (χ1) is 9.99. The average molecular weight is 293 g/mol. The topological polar surface area (TPSA) is 84.9 Å². The number of carbonyl (C=O) groups is 2. The molecule has 1 aromatic rings. The number of carboxylic acids is 1. The summed E-state index contributed by atoms with van der Waals surface area (Å²) in [5.41, 5.74) is 0.221. The number of hydrogen-bond donors (Lipinski definition) is 2. The molecule has 1 aliphatic heterocycles. The molecule has 114 valence electrons. The van der Waals surface area contributed by atoms with Crippen LogP contribution in [0.25, 0.3) is 0 Å². The Labute approximate surface area is 123 Å². The molecular weight excluding hydrogens is 274 g/mol. The van der Waals surface area contributed by atoms with Crippen molar-refractivity contribution in [3.8, 4) is 5.75 Å². The van der Waals surface area contributed by atoms with Crippen molar-refractivity contribution in [3.63, 3.8) is 0 Å². The molecule has 0 aromatic heterocycles. The zero-order valence-electron chi connectivity index (χ0n) is 11.9. The Balaban J connectivity index is 1.89. The maximum atomic E-state index is 12.0. The van der Waals surface area contributed by atoms with E-state index in [1.54, 1.807) is 6.07 Å². The first kappa shape index (κ1) is 15.3. The van der Waals surface area contributed by atoms with Crippen LogP contribution >= 0.6 is 0 Å². The van der Waals surface area contributed by atoms with Crippen molar-refractivity contribution in [1.29, 1.82) is 0 Å². The molecule has 1 aliphatic rings. The number of aryl methyl sites for hydroxylation is 1. The molecule has 1 fully saturated rings. The van der Waals surface area contributed by atoms with E-state index in [0.717, 1.165) is 5.56 Å². The van der Waals surface area contributed by atoms with Crippen molar-refractivity contribution < 1.29 is 24.2 Å². The van der Waals surface area contributed by atoms with Crippen molar-refractivity contribution in [2.24, 2.45) is 0 Å². The quantitative estimate of drug-likeness (QED) is 0.821. The number of rotatable bonds is 6. The summed E-state index contributed by atoms with van der Waals surface area (Å²) in [5.74, 6) is -0.691. The van der Waals surface area contributed by atoms with Gasteiger partial charge in [0.2, 0.25) is 0 Å². The Morgan fingerprint density at radius 1 is 1.48 bits per heavy atom. The van der Waals surface area contributed by atoms with Crippen LogP contribution < -0.4 is 10.1 Å². The van der Waals surface area contributed by atoms with E-state index in [1.807, 2.05) is 25.1 Å². The largest absolute Gasteiger partial charge is 0.484 e. The molecule has 0 radical (unpaired) electrons. The summed E-state index contributed by atoms with van der Waals surface area (Å²) in [4.78, 5) is 22.9. The molecule has 6 nitrogen and oxygen atoms in total. The molecule has 0 aliphatic carbocycles. The lowest BCUT2D eigenvalue weighted by molar-refractivity contribution is -0.139. The number of benzene rings is 1. The number of carbonyl (C=O) groups excluding carboxylic acids is 1. The van der Waals surface area contributed by atoms with Gasteiger partial charge >= 0.3 is 5.97 Å². The van der Waals surface area contributed by atoms with E-state index in [1.165, 1.54) is 0 Å². The number of amides is 1. The number of aliphatic carboxylic acids is 1. The maximum absolute atomic E-state index is 12.0. The fourth-order valence-corrected chi connectivity index (χ4v) is 2.36. The third kappa shape index (κ3) is 4.46. The minimum absolute atomic E-state index is 0.148. The van der Waals surface area contributed by atoms with Crippen molar-refractivity contribution in [1.82, 2.24) is 5.32 Å². The zero-order valence-corrected chi connectivity index (χ0v) is 11.9. The van der Waals surface area contributed by atoms with Gasteiger partial charge in [-0.05, 0) is 31.0 Å². The molecule has 1 unspecified atom stereocenters. The van der Waals surface area contributed by atoms with Crippen LogP contribution in [0.1, 0.15) is 18.4 Å². The smallest absolute Gasteiger partial charge is 0.305 e. The minimum Gasteiger partial charge on any atom is -0.484 e. The molecule has 0 bridgehead atoms. The number of nitrogens with one attached hydrogen (secondary N) is 1. The Kier molecular flexibility index (Phi) is 4.80. The van der Waals surface area contributed by atoms with Crippen LogP contribution in [0.15, 0.2) is 24.3 Å². The first-order valence-electron chi connectivity index (χ1n) is 6.79. The highest BCUT2D eigenvalue weighted by Gasteiger charge is 2.38. The van der Waals surface area contributed by atoms with E-state index in [-0.39, 0.29) is 25.5 Å². The van der Waals surface area contributed by atoms with Gasteiger partial charge in [-0.15, -0.1) is 0 Å². The van der Waals surface area contributed by atoms with E-state index >= 15 is 0 Å². The molecule has 0 saturated carbocycles. The second-order valence-electron chi connectivity index (χ2n) is 5.31. The Morgan fingerprint density at radius 3 is 2.90 bits per heavy atom. The highest BCUT2D eigenvalue weighted by atomic mass is 16.5. The van der Waals surface area contributed by atoms with Gasteiger partial charge in [0, 0.05) is 6.61 Å². The van der Waals surface area contributed by atoms with Crippen LogP contribution in [0.5, 0.6) is 5.75 Å². The third-order valence-electron chi connectivity index (χ3n) is 3.36. The Morgan fingerprint density at radius 2 is 2.29 bits per heavy atom. The fraction of sp³-hybridized carbons (Fsp3) is 0.467. The molecular formula is C15H19NO5. The average Bonchev–Trinajstić information content (AvgIpc) is 2.83. The lowest BCUT2D eigenvalue weighted by Crippen LogP contribution is -2.51. The molecule has 6 heteroatoms. The normalized spacial score (nSPS) is 21.0. The van der Waals surface area contributed by atoms with Crippen molar-refractivity contribution in [2.75, 3.05) is 19.8 Å². The fourth-order valence-electron chi connectivity index (χ4n) is 2.36. The number of ether oxygens (including phenoxy) is 2. The van der Waals surface area contributed by atoms with E-state index in [0.29, 0.717) is 18.8 Å². The third-order valence-corrected chi connectivity index (χ3v) is 3.36. The van der Waals surface area contributed by atoms with E-state index in [4.69, 9.17) is 14.6 Å². The van der Waals surface area contributed by atoms with Crippen LogP contribution in [0.2, 0.25) is 0 Å². The molecule has 2 rings (SSSR count). The molecule has 1 heterocycles. The summed E-state index contributed by atoms with van der Waals surface area (Å²) in [7, 11) is 0. The van der Waals surface area contributed by atoms with Crippen LogP contribution in [0, 0.1) is 6.92 Å². The predicted molar refractivity (Wildman–Crippen MR) is 75.2 cm³/mol. The maximum Gasteiger partial charge on any atom is 0.305 e. The van der Waals surface area contributed by atoms with Gasteiger partial charge in [0.15, 0.2) is 6.61 Å². The number of carboxylic acid groups (broad SMARTS) is 1. The van der Waals surface area contributed by atoms with Gasteiger partial charge in [-0.2, -0.15) is 0 Å². The molecule has 21 heavy (non-hydrogen) atoms. The van der Waals surface area contributed by atoms with Crippen LogP contribution in [0.4, 0.5) is 0 Å². The first-order valence-corrected chi connectivity index (χ1v) is 6.79. The summed E-state index contributed by atoms with van der Waals surface area (Å²) in [6.45, 7) is 2.46. The SMILES string of the molecule is Cc1cccc(OCC(=O)NC2(CC(=O)O)CCOC2)c1. The highest BCUT2D eigenvalue weighted by molar-refractivity contribution is 5.79. The monoisotopic (exact) mass is 293 g/mol. The van der Waals surface area contributed by atoms with Gasteiger partial charge in [0.25, 0.3) is 5.91 Å². The van der Waals surface area contributed by atoms with Gasteiger partial charge in [0.05, 0.1) is 18.6 Å². The highest BCUT2D eigenvalue weighted by Crippen LogP contribution is 2.22. The predicted octanol–water partition coefficient (Wildman–Crippen LogP) is 1.12. The standard InChI is InChI=1S/C15H19NO5/c1-11-3-2-4-12(7-11)21-9-13(17)16-15(8-14(18)19)5-6-20-10-15/h2-4,7H,5-6,8-10H2,1H3,(H,16,17)(H,18,19). The summed E-state index contributed by atoms with van der Waals surface area (Å²) < 4.78 is 10.6. The molecule has 2 N–H and O–H groups in total. The lowest BCUT2D eigenvalue weighted by Gasteiger charge is -2.26. The van der Waals surface area contributed by atoms with E-state index < -0.39 is 11.5 Å². The Hall–Kier alpha value is -2.08. The second kappa shape index (κ2) is 6.58. The van der Waals surface area contributed by atoms with Gasteiger partial charge in [0.1, 0.15) is 5.75 Å².